The number of ether oxygens (including phenoxy) is 1. The molecule has 0 saturated heterocycles. The average Bonchev–Trinajstić information content (AvgIpc) is 3.26. The van der Waals surface area contributed by atoms with Gasteiger partial charge >= 0.3 is 0 Å². The van der Waals surface area contributed by atoms with Crippen LogP contribution in [0.1, 0.15) is 5.56 Å². The van der Waals surface area contributed by atoms with Crippen LogP contribution < -0.4 is 10.5 Å². The topological polar surface area (TPSA) is 108 Å². The third kappa shape index (κ3) is 2.43. The number of tetrazole rings is 1. The molecule has 2 heterocycles. The Bertz CT molecular complexity index is 991. The van der Waals surface area contributed by atoms with Crippen LogP contribution in [0.4, 0.5) is 5.69 Å². The Morgan fingerprint density at radius 1 is 1.21 bits per heavy atom. The molecule has 0 aliphatic heterocycles. The lowest BCUT2D eigenvalue weighted by atomic mass is 10.1. The van der Waals surface area contributed by atoms with E-state index in [2.05, 4.69) is 25.7 Å². The van der Waals surface area contributed by atoms with Gasteiger partial charge in [0.05, 0.1) is 25.4 Å². The molecular weight excluding hydrogens is 306 g/mol. The molecule has 2 aromatic heterocycles. The van der Waals surface area contributed by atoms with Gasteiger partial charge in [-0.3, -0.25) is 4.68 Å². The quantitative estimate of drug-likeness (QED) is 0.555. The molecule has 0 radical (unpaired) electrons. The minimum atomic E-state index is 0.574. The monoisotopic (exact) mass is 321 g/mol. The Morgan fingerprint density at radius 2 is 2.12 bits per heavy atom. The highest BCUT2D eigenvalue weighted by atomic mass is 16.5. The second-order valence-electron chi connectivity index (χ2n) is 5.40. The summed E-state index contributed by atoms with van der Waals surface area (Å²) in [6.07, 6.45) is 1.83. The molecule has 0 aliphatic rings. The van der Waals surface area contributed by atoms with Crippen molar-refractivity contribution in [2.75, 3.05) is 12.8 Å². The van der Waals surface area contributed by atoms with Crippen molar-refractivity contribution in [3.63, 3.8) is 0 Å². The summed E-state index contributed by atoms with van der Waals surface area (Å²) in [6, 6.07) is 11.6. The second-order valence-corrected chi connectivity index (χ2v) is 5.40. The first-order valence-corrected chi connectivity index (χ1v) is 7.36. The van der Waals surface area contributed by atoms with Crippen LogP contribution in [0, 0.1) is 0 Å². The summed E-state index contributed by atoms with van der Waals surface area (Å²) in [5.41, 5.74) is 9.44. The van der Waals surface area contributed by atoms with Gasteiger partial charge in [0.25, 0.3) is 0 Å². The zero-order valence-corrected chi connectivity index (χ0v) is 13.0. The molecule has 24 heavy (non-hydrogen) atoms. The summed E-state index contributed by atoms with van der Waals surface area (Å²) in [7, 11) is 1.64. The Morgan fingerprint density at radius 3 is 2.92 bits per heavy atom. The molecule has 8 nitrogen and oxygen atoms in total. The first-order chi connectivity index (χ1) is 11.7. The molecule has 0 fully saturated rings. The van der Waals surface area contributed by atoms with Gasteiger partial charge in [-0.05, 0) is 34.7 Å². The van der Waals surface area contributed by atoms with Crippen LogP contribution >= 0.6 is 0 Å². The van der Waals surface area contributed by atoms with E-state index in [1.165, 1.54) is 0 Å². The van der Waals surface area contributed by atoms with Gasteiger partial charge < -0.3 is 10.5 Å². The van der Waals surface area contributed by atoms with Crippen LogP contribution in [0.5, 0.6) is 5.75 Å². The summed E-state index contributed by atoms with van der Waals surface area (Å²) < 4.78 is 7.42. The van der Waals surface area contributed by atoms with Crippen molar-refractivity contribution in [2.24, 2.45) is 0 Å². The standard InChI is InChI=1S/C16H15N7O/c1-24-15-6-10(16-19-21-22-20-16)2-3-12(15)9-23-14-7-13(17)5-4-11(14)8-18-23/h2-8H,9,17H2,1H3,(H,19,20,21,22). The predicted octanol–water partition coefficient (Wildman–Crippen LogP) is 1.86. The molecule has 0 amide bonds. The van der Waals surface area contributed by atoms with Crippen molar-refractivity contribution in [1.82, 2.24) is 30.4 Å². The van der Waals surface area contributed by atoms with E-state index in [-0.39, 0.29) is 0 Å². The van der Waals surface area contributed by atoms with Crippen LogP contribution in [-0.2, 0) is 6.54 Å². The molecule has 0 spiro atoms. The number of hydrogen-bond donors (Lipinski definition) is 2. The molecule has 0 unspecified atom stereocenters. The number of nitrogen functional groups attached to an aromatic ring is 1. The maximum atomic E-state index is 5.89. The molecule has 120 valence electrons. The molecule has 2 aromatic carbocycles. The Kier molecular flexibility index (Phi) is 3.34. The number of aromatic amines is 1. The molecule has 0 bridgehead atoms. The zero-order valence-electron chi connectivity index (χ0n) is 13.0. The minimum absolute atomic E-state index is 0.574. The lowest BCUT2D eigenvalue weighted by Gasteiger charge is -2.11. The van der Waals surface area contributed by atoms with Crippen molar-refractivity contribution in [3.05, 3.63) is 48.2 Å². The fourth-order valence-electron chi connectivity index (χ4n) is 2.68. The van der Waals surface area contributed by atoms with E-state index in [1.54, 1.807) is 7.11 Å². The van der Waals surface area contributed by atoms with Gasteiger partial charge in [-0.1, -0.05) is 12.1 Å². The van der Waals surface area contributed by atoms with Crippen LogP contribution in [0.15, 0.2) is 42.6 Å². The van der Waals surface area contributed by atoms with E-state index in [1.807, 2.05) is 47.3 Å². The van der Waals surface area contributed by atoms with Gasteiger partial charge in [-0.25, -0.2) is 5.10 Å². The predicted molar refractivity (Wildman–Crippen MR) is 89.4 cm³/mol. The SMILES string of the molecule is COc1cc(-c2nnn[nH]2)ccc1Cn1ncc2ccc(N)cc21. The summed E-state index contributed by atoms with van der Waals surface area (Å²) in [6.45, 7) is 0.574. The van der Waals surface area contributed by atoms with E-state index >= 15 is 0 Å². The van der Waals surface area contributed by atoms with Crippen LogP contribution in [0.2, 0.25) is 0 Å². The normalized spacial score (nSPS) is 11.0. The first kappa shape index (κ1) is 14.2. The third-order valence-corrected chi connectivity index (χ3v) is 3.89. The summed E-state index contributed by atoms with van der Waals surface area (Å²) in [5.74, 6) is 1.34. The number of methoxy groups -OCH3 is 1. The summed E-state index contributed by atoms with van der Waals surface area (Å²) in [4.78, 5) is 0. The number of H-pyrrole nitrogens is 1. The van der Waals surface area contributed by atoms with Crippen molar-refractivity contribution in [3.8, 4) is 17.1 Å². The number of aromatic nitrogens is 6. The Hall–Kier alpha value is -3.42. The van der Waals surface area contributed by atoms with Gasteiger partial charge in [0, 0.05) is 22.2 Å². The first-order valence-electron chi connectivity index (χ1n) is 7.36. The van der Waals surface area contributed by atoms with Crippen molar-refractivity contribution < 1.29 is 4.74 Å². The molecule has 0 atom stereocenters. The van der Waals surface area contributed by atoms with Gasteiger partial charge in [0.15, 0.2) is 5.82 Å². The van der Waals surface area contributed by atoms with Crippen LogP contribution in [0.25, 0.3) is 22.3 Å². The highest BCUT2D eigenvalue weighted by molar-refractivity contribution is 5.81. The van der Waals surface area contributed by atoms with E-state index in [0.717, 1.165) is 27.8 Å². The molecule has 0 saturated carbocycles. The Labute approximate surface area is 137 Å². The molecule has 3 N–H and O–H groups in total. The van der Waals surface area contributed by atoms with Crippen LogP contribution in [-0.4, -0.2) is 37.5 Å². The molecule has 4 rings (SSSR count). The Balaban J connectivity index is 1.72. The number of anilines is 1. The number of rotatable bonds is 4. The molecule has 4 aromatic rings. The fourth-order valence-corrected chi connectivity index (χ4v) is 2.68. The second kappa shape index (κ2) is 5.65. The number of hydrogen-bond acceptors (Lipinski definition) is 6. The highest BCUT2D eigenvalue weighted by Crippen LogP contribution is 2.27. The third-order valence-electron chi connectivity index (χ3n) is 3.89. The lowest BCUT2D eigenvalue weighted by Crippen LogP contribution is -2.04. The van der Waals surface area contributed by atoms with Gasteiger partial charge in [0.2, 0.25) is 0 Å². The average molecular weight is 321 g/mol. The van der Waals surface area contributed by atoms with Gasteiger partial charge in [-0.15, -0.1) is 5.10 Å². The summed E-state index contributed by atoms with van der Waals surface area (Å²) in [5, 5.41) is 19.3. The molecular formula is C16H15N7O. The largest absolute Gasteiger partial charge is 0.496 e. The zero-order chi connectivity index (χ0) is 16.5. The highest BCUT2D eigenvalue weighted by Gasteiger charge is 2.11. The van der Waals surface area contributed by atoms with E-state index < -0.39 is 0 Å². The number of benzene rings is 2. The number of nitrogens with one attached hydrogen (secondary N) is 1. The number of fused-ring (bicyclic) bond motifs is 1. The number of nitrogens with two attached hydrogens (primary N) is 1. The minimum Gasteiger partial charge on any atom is -0.496 e. The van der Waals surface area contributed by atoms with E-state index in [4.69, 9.17) is 10.5 Å². The smallest absolute Gasteiger partial charge is 0.179 e. The van der Waals surface area contributed by atoms with Crippen molar-refractivity contribution in [2.45, 2.75) is 6.54 Å². The van der Waals surface area contributed by atoms with Crippen molar-refractivity contribution in [1.29, 1.82) is 0 Å². The van der Waals surface area contributed by atoms with Gasteiger partial charge in [-0.2, -0.15) is 5.10 Å². The molecule has 0 aliphatic carbocycles. The van der Waals surface area contributed by atoms with E-state index in [0.29, 0.717) is 18.1 Å². The van der Waals surface area contributed by atoms with Crippen LogP contribution in [0.3, 0.4) is 0 Å². The summed E-state index contributed by atoms with van der Waals surface area (Å²) >= 11 is 0. The number of nitrogens with zero attached hydrogens (tertiary/aromatic N) is 5. The maximum Gasteiger partial charge on any atom is 0.179 e. The maximum absolute atomic E-state index is 5.89. The fraction of sp³-hybridized carbons (Fsp3) is 0.125. The lowest BCUT2D eigenvalue weighted by molar-refractivity contribution is 0.408. The molecule has 8 heteroatoms. The van der Waals surface area contributed by atoms with E-state index in [9.17, 15) is 0 Å². The van der Waals surface area contributed by atoms with Crippen molar-refractivity contribution >= 4 is 16.6 Å². The van der Waals surface area contributed by atoms with Gasteiger partial charge in [0.1, 0.15) is 5.75 Å².